The number of halogens is 1. The number of esters is 1. The fourth-order valence-corrected chi connectivity index (χ4v) is 6.43. The van der Waals surface area contributed by atoms with Crippen LogP contribution < -0.4 is 20.7 Å². The lowest BCUT2D eigenvalue weighted by atomic mass is 9.97. The third kappa shape index (κ3) is 4.67. The van der Waals surface area contributed by atoms with E-state index in [1.54, 1.807) is 39.1 Å². The minimum absolute atomic E-state index is 0.0718. The highest BCUT2D eigenvalue weighted by Crippen LogP contribution is 2.66. The molecule has 2 aromatic heterocycles. The van der Waals surface area contributed by atoms with Crippen LogP contribution in [0.25, 0.3) is 11.2 Å². The number of imidazole rings is 1. The molecule has 16 heteroatoms. The molecular weight excluding hydrogens is 548 g/mol. The SMILES string of the molecule is CNc1nc(N)nc2c1ncn2[C@@H]1O[C@@H]2C(OP(=O)(N[C@H](C)C(=O)OC(C)C)Oc3ccccc3)[C@]2(O)[C@@]1(C)F. The van der Waals surface area contributed by atoms with Gasteiger partial charge < -0.3 is 30.2 Å². The number of alkyl halides is 1. The first kappa shape index (κ1) is 28.2. The number of nitrogens with zero attached hydrogens (tertiary/aromatic N) is 4. The van der Waals surface area contributed by atoms with Gasteiger partial charge >= 0.3 is 13.7 Å². The van der Waals surface area contributed by atoms with Crippen LogP contribution in [0.2, 0.25) is 0 Å². The van der Waals surface area contributed by atoms with E-state index in [1.807, 2.05) is 0 Å². The van der Waals surface area contributed by atoms with E-state index in [9.17, 15) is 14.5 Å². The van der Waals surface area contributed by atoms with Crippen LogP contribution in [-0.4, -0.2) is 73.3 Å². The van der Waals surface area contributed by atoms with Gasteiger partial charge in [0.15, 0.2) is 34.5 Å². The maximum absolute atomic E-state index is 16.4. The molecular formula is C24H31FN7O7P. The number of rotatable bonds is 10. The molecule has 1 aliphatic carbocycles. The Bertz CT molecular complexity index is 1470. The van der Waals surface area contributed by atoms with E-state index in [1.165, 1.54) is 30.0 Å². The van der Waals surface area contributed by atoms with Crippen molar-refractivity contribution in [2.24, 2.45) is 0 Å². The third-order valence-electron chi connectivity index (χ3n) is 6.76. The smallest absolute Gasteiger partial charge is 0.459 e. The number of carbonyl (C=O) groups excluding carboxylic acids is 1. The van der Waals surface area contributed by atoms with Crippen molar-refractivity contribution in [2.75, 3.05) is 18.1 Å². The molecule has 5 rings (SSSR count). The second kappa shape index (κ2) is 9.93. The van der Waals surface area contributed by atoms with Gasteiger partial charge in [0.05, 0.1) is 12.4 Å². The largest absolute Gasteiger partial charge is 0.462 e. The minimum Gasteiger partial charge on any atom is -0.462 e. The standard InChI is InChI=1S/C24H31FN7O7P/c1-12(2)36-20(33)13(3)31-40(35,38-14-9-7-6-8-10-14)39-17-16-24(17,34)23(4,25)21(37-16)32-11-28-15-18(27-5)29-22(26)30-19(15)32/h6-13,16-17,21,34H,1-5H3,(H,31,35)(H3,26,27,29,30)/t13-,16-,17?,21-,23+,24+,40?/m1/s1. The maximum Gasteiger partial charge on any atom is 0.459 e. The summed E-state index contributed by atoms with van der Waals surface area (Å²) in [5.41, 5.74) is 1.61. The number of carbonyl (C=O) groups is 1. The van der Waals surface area contributed by atoms with Gasteiger partial charge in [-0.2, -0.15) is 15.1 Å². The van der Waals surface area contributed by atoms with E-state index >= 15 is 4.39 Å². The highest BCUT2D eigenvalue weighted by atomic mass is 31.2. The van der Waals surface area contributed by atoms with Gasteiger partial charge in [0.25, 0.3) is 0 Å². The number of aromatic nitrogens is 4. The molecule has 0 radical (unpaired) electrons. The summed E-state index contributed by atoms with van der Waals surface area (Å²) in [5, 5.41) is 16.8. The molecule has 5 N–H and O–H groups in total. The molecule has 7 atom stereocenters. The predicted molar refractivity (Wildman–Crippen MR) is 141 cm³/mol. The van der Waals surface area contributed by atoms with Crippen LogP contribution in [0.1, 0.15) is 33.9 Å². The minimum atomic E-state index is -4.40. The molecule has 0 spiro atoms. The first-order valence-electron chi connectivity index (χ1n) is 12.6. The summed E-state index contributed by atoms with van der Waals surface area (Å²) in [6.07, 6.45) is -3.14. The van der Waals surface area contributed by atoms with Gasteiger partial charge in [0.2, 0.25) is 5.95 Å². The van der Waals surface area contributed by atoms with Crippen molar-refractivity contribution >= 4 is 36.6 Å². The molecule has 0 bridgehead atoms. The normalized spacial score (nSPS) is 29.6. The predicted octanol–water partition coefficient (Wildman–Crippen LogP) is 2.32. The van der Waals surface area contributed by atoms with Crippen molar-refractivity contribution < 1.29 is 37.4 Å². The van der Waals surface area contributed by atoms with E-state index in [2.05, 4.69) is 25.4 Å². The number of para-hydroxylation sites is 1. The second-order valence-corrected chi connectivity index (χ2v) is 11.7. The molecule has 1 saturated heterocycles. The summed E-state index contributed by atoms with van der Waals surface area (Å²) in [6.45, 7) is 5.89. The summed E-state index contributed by atoms with van der Waals surface area (Å²) in [4.78, 5) is 24.9. The van der Waals surface area contributed by atoms with Gasteiger partial charge in [-0.25, -0.2) is 13.9 Å². The Morgan fingerprint density at radius 3 is 2.58 bits per heavy atom. The molecule has 0 amide bonds. The fraction of sp³-hybridized carbons (Fsp3) is 0.500. The molecule has 2 fully saturated rings. The number of aliphatic hydroxyl groups is 1. The van der Waals surface area contributed by atoms with Crippen LogP contribution in [0.5, 0.6) is 5.75 Å². The Balaban J connectivity index is 1.40. The molecule has 3 aromatic rings. The first-order valence-corrected chi connectivity index (χ1v) is 14.1. The van der Waals surface area contributed by atoms with Crippen molar-refractivity contribution in [3.63, 3.8) is 0 Å². The molecule has 2 unspecified atom stereocenters. The van der Waals surface area contributed by atoms with Gasteiger partial charge in [0, 0.05) is 7.05 Å². The summed E-state index contributed by atoms with van der Waals surface area (Å²) in [7, 11) is -2.78. The molecule has 40 heavy (non-hydrogen) atoms. The van der Waals surface area contributed by atoms with Crippen LogP contribution in [-0.2, 0) is 23.4 Å². The lowest BCUT2D eigenvalue weighted by molar-refractivity contribution is -0.149. The van der Waals surface area contributed by atoms with Gasteiger partial charge in [-0.3, -0.25) is 13.9 Å². The van der Waals surface area contributed by atoms with Crippen LogP contribution in [0.15, 0.2) is 36.7 Å². The Kier molecular flexibility index (Phi) is 6.99. The van der Waals surface area contributed by atoms with Crippen molar-refractivity contribution in [2.45, 2.75) is 69.5 Å². The van der Waals surface area contributed by atoms with E-state index < -0.39 is 55.6 Å². The number of nitrogen functional groups attached to an aromatic ring is 1. The number of hydrogen-bond acceptors (Lipinski definition) is 12. The van der Waals surface area contributed by atoms with Crippen LogP contribution >= 0.6 is 7.75 Å². The number of ether oxygens (including phenoxy) is 2. The van der Waals surface area contributed by atoms with Gasteiger partial charge in [-0.05, 0) is 39.8 Å². The average Bonchev–Trinajstić information content (AvgIpc) is 3.14. The molecule has 216 valence electrons. The zero-order valence-electron chi connectivity index (χ0n) is 22.4. The van der Waals surface area contributed by atoms with Crippen LogP contribution in [0, 0.1) is 0 Å². The number of anilines is 2. The highest BCUT2D eigenvalue weighted by Gasteiger charge is 2.85. The van der Waals surface area contributed by atoms with E-state index in [4.69, 9.17) is 24.3 Å². The zero-order valence-corrected chi connectivity index (χ0v) is 23.3. The monoisotopic (exact) mass is 579 g/mol. The zero-order chi connectivity index (χ0) is 29.0. The van der Waals surface area contributed by atoms with Crippen LogP contribution in [0.3, 0.4) is 0 Å². The Hall–Kier alpha value is -3.36. The average molecular weight is 580 g/mol. The molecule has 14 nitrogen and oxygen atoms in total. The number of nitrogens with one attached hydrogen (secondary N) is 2. The Morgan fingerprint density at radius 1 is 1.27 bits per heavy atom. The Morgan fingerprint density at radius 2 is 1.98 bits per heavy atom. The van der Waals surface area contributed by atoms with Crippen molar-refractivity contribution in [1.29, 1.82) is 0 Å². The van der Waals surface area contributed by atoms with E-state index in [0.29, 0.717) is 11.3 Å². The number of fused-ring (bicyclic) bond motifs is 2. The topological polar surface area (TPSA) is 185 Å². The third-order valence-corrected chi connectivity index (χ3v) is 8.42. The van der Waals surface area contributed by atoms with E-state index in [0.717, 1.165) is 6.92 Å². The van der Waals surface area contributed by atoms with Gasteiger partial charge in [-0.15, -0.1) is 0 Å². The van der Waals surface area contributed by atoms with Gasteiger partial charge in [-0.1, -0.05) is 18.2 Å². The summed E-state index contributed by atoms with van der Waals surface area (Å²) >= 11 is 0. The lowest BCUT2D eigenvalue weighted by Crippen LogP contribution is -2.45. The lowest BCUT2D eigenvalue weighted by Gasteiger charge is -2.31. The summed E-state index contributed by atoms with van der Waals surface area (Å²) < 4.78 is 54.0. The number of nitrogens with two attached hydrogens (primary N) is 1. The molecule has 2 aliphatic rings. The molecule has 1 saturated carbocycles. The van der Waals surface area contributed by atoms with Gasteiger partial charge in [0.1, 0.15) is 24.0 Å². The van der Waals surface area contributed by atoms with Crippen molar-refractivity contribution in [1.82, 2.24) is 24.6 Å². The maximum atomic E-state index is 16.4. The molecule has 1 aromatic carbocycles. The van der Waals surface area contributed by atoms with Crippen LogP contribution in [0.4, 0.5) is 16.2 Å². The highest BCUT2D eigenvalue weighted by molar-refractivity contribution is 7.52. The number of hydrogen-bond donors (Lipinski definition) is 4. The quantitative estimate of drug-likeness (QED) is 0.203. The first-order chi connectivity index (χ1) is 18.8. The second-order valence-electron chi connectivity index (χ2n) is 10.1. The Labute approximate surface area is 229 Å². The number of benzene rings is 1. The molecule has 3 heterocycles. The molecule has 1 aliphatic heterocycles. The fourth-order valence-electron chi connectivity index (χ4n) is 4.72. The van der Waals surface area contributed by atoms with Crippen molar-refractivity contribution in [3.8, 4) is 5.75 Å². The van der Waals surface area contributed by atoms with E-state index in [-0.39, 0.29) is 17.3 Å². The summed E-state index contributed by atoms with van der Waals surface area (Å²) in [6, 6.07) is 6.95. The van der Waals surface area contributed by atoms with Crippen molar-refractivity contribution in [3.05, 3.63) is 36.7 Å². The summed E-state index contributed by atoms with van der Waals surface area (Å²) in [5.74, 6) is -0.284.